The minimum Gasteiger partial charge on any atom is -0.395 e. The Labute approximate surface area is 124 Å². The Hall–Kier alpha value is -1.14. The number of nitrogens with zero attached hydrogens (tertiary/aromatic N) is 1. The number of aliphatic hydroxyl groups excluding tert-OH is 2. The van der Waals surface area contributed by atoms with Gasteiger partial charge in [-0.15, -0.1) is 0 Å². The Bertz CT molecular complexity index is 405. The van der Waals surface area contributed by atoms with Gasteiger partial charge in [-0.25, -0.2) is 0 Å². The predicted octanol–water partition coefficient (Wildman–Crippen LogP) is 0.804. The molecule has 0 aromatic heterocycles. The lowest BCUT2D eigenvalue weighted by Crippen LogP contribution is -2.40. The van der Waals surface area contributed by atoms with E-state index in [4.69, 9.17) is 21.8 Å². The summed E-state index contributed by atoms with van der Waals surface area (Å²) in [4.78, 5) is 13.6. The fourth-order valence-corrected chi connectivity index (χ4v) is 2.00. The van der Waals surface area contributed by atoms with Crippen molar-refractivity contribution in [3.8, 4) is 0 Å². The topological polar surface area (TPSA) is 72.8 Å². The van der Waals surface area contributed by atoms with Crippen molar-refractivity contribution in [2.75, 3.05) is 32.8 Å². The van der Waals surface area contributed by atoms with Crippen LogP contribution in [0.4, 0.5) is 0 Å². The number of halogens is 1. The molecule has 0 radical (unpaired) electrons. The summed E-state index contributed by atoms with van der Waals surface area (Å²) in [7, 11) is 0. The molecule has 1 amide bonds. The highest BCUT2D eigenvalue weighted by molar-refractivity contribution is 6.30. The summed E-state index contributed by atoms with van der Waals surface area (Å²) in [5.41, 5.74) is 0.971. The van der Waals surface area contributed by atoms with E-state index in [1.165, 1.54) is 0 Å². The summed E-state index contributed by atoms with van der Waals surface area (Å²) in [6.07, 6.45) is 0. The first-order chi connectivity index (χ1) is 9.56. The summed E-state index contributed by atoms with van der Waals surface area (Å²) in [5.74, 6) is -0.144. The number of nitrogens with one attached hydrogen (secondary N) is 1. The molecular weight excluding hydrogens is 280 g/mol. The smallest absolute Gasteiger partial charge is 0.234 e. The van der Waals surface area contributed by atoms with Crippen molar-refractivity contribution in [1.82, 2.24) is 10.2 Å². The maximum absolute atomic E-state index is 11.9. The third-order valence-corrected chi connectivity index (χ3v) is 3.20. The lowest BCUT2D eigenvalue weighted by Gasteiger charge is -2.21. The second-order valence-corrected chi connectivity index (χ2v) is 5.00. The molecule has 0 aliphatic heterocycles. The van der Waals surface area contributed by atoms with Crippen LogP contribution in [0.15, 0.2) is 24.3 Å². The first-order valence-electron chi connectivity index (χ1n) is 6.55. The molecule has 1 unspecified atom stereocenters. The maximum atomic E-state index is 11.9. The molecule has 0 bridgehead atoms. The molecule has 0 aliphatic rings. The molecular formula is C14H21ClN2O3. The van der Waals surface area contributed by atoms with E-state index in [0.29, 0.717) is 18.1 Å². The highest BCUT2D eigenvalue weighted by atomic mass is 35.5. The van der Waals surface area contributed by atoms with Crippen molar-refractivity contribution in [3.63, 3.8) is 0 Å². The maximum Gasteiger partial charge on any atom is 0.234 e. The van der Waals surface area contributed by atoms with Gasteiger partial charge in [-0.3, -0.25) is 9.69 Å². The molecule has 0 spiro atoms. The Balaban J connectivity index is 2.49. The normalized spacial score (nSPS) is 12.4. The van der Waals surface area contributed by atoms with Crippen LogP contribution in [-0.2, 0) is 4.79 Å². The van der Waals surface area contributed by atoms with Crippen molar-refractivity contribution >= 4 is 17.5 Å². The van der Waals surface area contributed by atoms with Gasteiger partial charge in [0.2, 0.25) is 5.91 Å². The molecule has 0 saturated heterocycles. The van der Waals surface area contributed by atoms with Gasteiger partial charge in [0.25, 0.3) is 0 Å². The van der Waals surface area contributed by atoms with Gasteiger partial charge in [-0.2, -0.15) is 0 Å². The third-order valence-electron chi connectivity index (χ3n) is 2.95. The summed E-state index contributed by atoms with van der Waals surface area (Å²) < 4.78 is 0. The summed E-state index contributed by atoms with van der Waals surface area (Å²) in [6, 6.07) is 7.18. The van der Waals surface area contributed by atoms with Gasteiger partial charge in [-0.1, -0.05) is 23.7 Å². The largest absolute Gasteiger partial charge is 0.395 e. The first kappa shape index (κ1) is 16.9. The first-order valence-corrected chi connectivity index (χ1v) is 6.93. The average Bonchev–Trinajstić information content (AvgIpc) is 2.39. The van der Waals surface area contributed by atoms with Crippen molar-refractivity contribution in [1.29, 1.82) is 0 Å². The van der Waals surface area contributed by atoms with Gasteiger partial charge in [-0.05, 0) is 24.6 Å². The van der Waals surface area contributed by atoms with Gasteiger partial charge in [0.05, 0.1) is 25.8 Å². The van der Waals surface area contributed by atoms with Crippen molar-refractivity contribution in [2.45, 2.75) is 13.0 Å². The van der Waals surface area contributed by atoms with Crippen molar-refractivity contribution < 1.29 is 15.0 Å². The van der Waals surface area contributed by atoms with E-state index < -0.39 is 0 Å². The Morgan fingerprint density at radius 1 is 1.25 bits per heavy atom. The van der Waals surface area contributed by atoms with E-state index in [9.17, 15) is 4.79 Å². The second-order valence-electron chi connectivity index (χ2n) is 4.56. The summed E-state index contributed by atoms with van der Waals surface area (Å²) >= 11 is 5.82. The number of hydrogen-bond donors (Lipinski definition) is 3. The van der Waals surface area contributed by atoms with E-state index >= 15 is 0 Å². The lowest BCUT2D eigenvalue weighted by atomic mass is 10.1. The van der Waals surface area contributed by atoms with Gasteiger partial charge < -0.3 is 15.5 Å². The van der Waals surface area contributed by atoms with Gasteiger partial charge >= 0.3 is 0 Å². The average molecular weight is 301 g/mol. The van der Waals surface area contributed by atoms with Gasteiger partial charge in [0.1, 0.15) is 0 Å². The number of hydrogen-bond acceptors (Lipinski definition) is 4. The van der Waals surface area contributed by atoms with Gasteiger partial charge in [0, 0.05) is 18.1 Å². The highest BCUT2D eigenvalue weighted by Crippen LogP contribution is 2.15. The predicted molar refractivity (Wildman–Crippen MR) is 78.6 cm³/mol. The van der Waals surface area contributed by atoms with Crippen molar-refractivity contribution in [3.05, 3.63) is 34.9 Å². The molecule has 0 aliphatic carbocycles. The molecule has 0 fully saturated rings. The van der Waals surface area contributed by atoms with E-state index in [1.54, 1.807) is 17.0 Å². The molecule has 5 nitrogen and oxygen atoms in total. The number of benzene rings is 1. The minimum atomic E-state index is -0.144. The number of aliphatic hydroxyl groups is 2. The zero-order valence-corrected chi connectivity index (χ0v) is 12.3. The number of carbonyl (C=O) groups excluding carboxylic acids is 1. The van der Waals surface area contributed by atoms with E-state index in [-0.39, 0.29) is 31.7 Å². The summed E-state index contributed by atoms with van der Waals surface area (Å²) in [6.45, 7) is 2.69. The highest BCUT2D eigenvalue weighted by Gasteiger charge is 2.13. The van der Waals surface area contributed by atoms with Crippen LogP contribution in [0.25, 0.3) is 0 Å². The van der Waals surface area contributed by atoms with E-state index in [2.05, 4.69) is 5.32 Å². The molecule has 0 saturated carbocycles. The van der Waals surface area contributed by atoms with Crippen LogP contribution in [0.1, 0.15) is 18.5 Å². The molecule has 6 heteroatoms. The lowest BCUT2D eigenvalue weighted by molar-refractivity contribution is -0.123. The molecule has 3 N–H and O–H groups in total. The van der Waals surface area contributed by atoms with Gasteiger partial charge in [0.15, 0.2) is 0 Å². The molecule has 1 rings (SSSR count). The van der Waals surface area contributed by atoms with Crippen LogP contribution in [0.3, 0.4) is 0 Å². The van der Waals surface area contributed by atoms with Crippen LogP contribution in [0, 0.1) is 0 Å². The zero-order valence-electron chi connectivity index (χ0n) is 11.6. The summed E-state index contributed by atoms with van der Waals surface area (Å²) in [5, 5.41) is 21.3. The molecule has 1 aromatic carbocycles. The quantitative estimate of drug-likeness (QED) is 0.664. The van der Waals surface area contributed by atoms with Crippen LogP contribution < -0.4 is 5.32 Å². The van der Waals surface area contributed by atoms with Crippen LogP contribution in [0.2, 0.25) is 5.02 Å². The number of carbonyl (C=O) groups is 1. The SMILES string of the molecule is CC(NC(=O)CN(CCO)CCO)c1ccc(Cl)cc1. The number of amides is 1. The molecule has 20 heavy (non-hydrogen) atoms. The third kappa shape index (κ3) is 5.88. The molecule has 0 heterocycles. The standard InChI is InChI=1S/C14H21ClN2O3/c1-11(12-2-4-13(15)5-3-12)16-14(20)10-17(6-8-18)7-9-19/h2-5,11,18-19H,6-10H2,1H3,(H,16,20). The zero-order chi connectivity index (χ0) is 15.0. The van der Waals surface area contributed by atoms with Crippen molar-refractivity contribution in [2.24, 2.45) is 0 Å². The molecule has 112 valence electrons. The second kappa shape index (κ2) is 8.92. The van der Waals surface area contributed by atoms with E-state index in [0.717, 1.165) is 5.56 Å². The minimum absolute atomic E-state index is 0.0416. The van der Waals surface area contributed by atoms with Crippen LogP contribution in [-0.4, -0.2) is 53.9 Å². The van der Waals surface area contributed by atoms with Crippen LogP contribution >= 0.6 is 11.6 Å². The fourth-order valence-electron chi connectivity index (χ4n) is 1.88. The Morgan fingerprint density at radius 3 is 2.30 bits per heavy atom. The molecule has 1 atom stereocenters. The molecule has 1 aromatic rings. The van der Waals surface area contributed by atoms with Crippen LogP contribution in [0.5, 0.6) is 0 Å². The fraction of sp³-hybridized carbons (Fsp3) is 0.500. The number of rotatable bonds is 8. The Kier molecular flexibility index (Phi) is 7.54. The monoisotopic (exact) mass is 300 g/mol. The van der Waals surface area contributed by atoms with E-state index in [1.807, 2.05) is 19.1 Å². The Morgan fingerprint density at radius 2 is 1.80 bits per heavy atom.